The van der Waals surface area contributed by atoms with E-state index in [0.717, 1.165) is 45.1 Å². The van der Waals surface area contributed by atoms with Gasteiger partial charge in [-0.25, -0.2) is 4.98 Å². The summed E-state index contributed by atoms with van der Waals surface area (Å²) < 4.78 is 9.61. The molecule has 0 aliphatic heterocycles. The summed E-state index contributed by atoms with van der Waals surface area (Å²) in [4.78, 5) is 5.67. The molecule has 0 aliphatic rings. The van der Waals surface area contributed by atoms with Gasteiger partial charge in [0, 0.05) is 54.5 Å². The number of pyridine rings is 1. The number of hydrogen-bond donors (Lipinski definition) is 0. The van der Waals surface area contributed by atoms with E-state index in [0.29, 0.717) is 0 Å². The van der Waals surface area contributed by atoms with E-state index in [9.17, 15) is 0 Å². The van der Waals surface area contributed by atoms with Crippen LogP contribution >= 0.6 is 0 Å². The molecule has 298 valence electrons. The monoisotopic (exact) mass is 815 g/mol. The van der Waals surface area contributed by atoms with Gasteiger partial charge >= 0.3 is 0 Å². The van der Waals surface area contributed by atoms with Gasteiger partial charge in [0.2, 0.25) is 0 Å². The Bertz CT molecular complexity index is 4180. The van der Waals surface area contributed by atoms with Crippen molar-refractivity contribution in [2.75, 3.05) is 0 Å². The minimum absolute atomic E-state index is 0.864. The molecule has 0 aliphatic carbocycles. The fourth-order valence-corrected chi connectivity index (χ4v) is 10.7. The van der Waals surface area contributed by atoms with Gasteiger partial charge in [-0.3, -0.25) is 9.13 Å². The zero-order chi connectivity index (χ0) is 41.9. The average Bonchev–Trinajstić information content (AvgIpc) is 4.09. The maximum absolute atomic E-state index is 5.67. The third-order valence-corrected chi connectivity index (χ3v) is 13.3. The highest BCUT2D eigenvalue weighted by Crippen LogP contribution is 2.43. The highest BCUT2D eigenvalue weighted by Gasteiger charge is 2.23. The van der Waals surface area contributed by atoms with Crippen LogP contribution in [0.1, 0.15) is 0 Å². The molecular formula is C59H37N5. The van der Waals surface area contributed by atoms with Crippen LogP contribution in [0.4, 0.5) is 0 Å². The van der Waals surface area contributed by atoms with Crippen molar-refractivity contribution in [2.24, 2.45) is 0 Å². The Hall–Kier alpha value is -8.67. The molecule has 0 saturated heterocycles. The number of fused-ring (bicyclic) bond motifs is 13. The molecular weight excluding hydrogens is 779 g/mol. The maximum Gasteiger partial charge on any atom is 0.140 e. The van der Waals surface area contributed by atoms with Gasteiger partial charge in [0.15, 0.2) is 0 Å². The lowest BCUT2D eigenvalue weighted by Crippen LogP contribution is -2.04. The van der Waals surface area contributed by atoms with E-state index < -0.39 is 0 Å². The van der Waals surface area contributed by atoms with E-state index >= 15 is 0 Å². The first-order valence-corrected chi connectivity index (χ1v) is 21.9. The van der Waals surface area contributed by atoms with Crippen molar-refractivity contribution in [2.45, 2.75) is 0 Å². The molecule has 0 unspecified atom stereocenters. The van der Waals surface area contributed by atoms with Gasteiger partial charge in [-0.05, 0) is 83.9 Å². The Morgan fingerprint density at radius 3 is 1.28 bits per heavy atom. The van der Waals surface area contributed by atoms with E-state index in [1.165, 1.54) is 76.3 Å². The Labute approximate surface area is 367 Å². The molecule has 5 aromatic heterocycles. The molecule has 0 bridgehead atoms. The molecule has 0 saturated carbocycles. The molecule has 14 aromatic rings. The molecule has 9 aromatic carbocycles. The minimum Gasteiger partial charge on any atom is -0.309 e. The van der Waals surface area contributed by atoms with Crippen molar-refractivity contribution >= 4 is 87.2 Å². The van der Waals surface area contributed by atoms with Gasteiger partial charge in [0.05, 0.1) is 44.1 Å². The normalized spacial score (nSPS) is 12.1. The van der Waals surface area contributed by atoms with E-state index in [1.54, 1.807) is 0 Å². The van der Waals surface area contributed by atoms with Gasteiger partial charge < -0.3 is 9.13 Å². The number of para-hydroxylation sites is 5. The van der Waals surface area contributed by atoms with Gasteiger partial charge in [-0.2, -0.15) is 0 Å². The van der Waals surface area contributed by atoms with Crippen LogP contribution in [0.5, 0.6) is 0 Å². The van der Waals surface area contributed by atoms with Crippen LogP contribution in [0.2, 0.25) is 0 Å². The number of aromatic nitrogens is 5. The van der Waals surface area contributed by atoms with Crippen molar-refractivity contribution in [3.8, 4) is 34.1 Å². The third-order valence-electron chi connectivity index (χ3n) is 13.3. The van der Waals surface area contributed by atoms with Crippen LogP contribution in [-0.2, 0) is 0 Å². The summed E-state index contributed by atoms with van der Waals surface area (Å²) in [5, 5.41) is 9.62. The molecule has 5 nitrogen and oxygen atoms in total. The molecule has 0 spiro atoms. The van der Waals surface area contributed by atoms with E-state index in [-0.39, 0.29) is 0 Å². The highest BCUT2D eigenvalue weighted by atomic mass is 15.1. The minimum atomic E-state index is 0.864. The lowest BCUT2D eigenvalue weighted by atomic mass is 10.1. The Kier molecular flexibility index (Phi) is 7.33. The van der Waals surface area contributed by atoms with Gasteiger partial charge in [-0.1, -0.05) is 152 Å². The van der Waals surface area contributed by atoms with E-state index in [2.05, 4.69) is 243 Å². The van der Waals surface area contributed by atoms with Crippen LogP contribution < -0.4 is 0 Å². The predicted molar refractivity (Wildman–Crippen MR) is 267 cm³/mol. The molecule has 5 heteroatoms. The third kappa shape index (κ3) is 4.92. The summed E-state index contributed by atoms with van der Waals surface area (Å²) in [6, 6.07) is 81.2. The standard InChI is InChI=1S/C59H37N5/c1-3-17-38(18-4-1)39-19-15-22-41(35-39)61-50-27-11-9-25-44(50)48-37-55-49(36-54(48)61)45-26-10-13-29-52(45)63(55)56-31-16-32-57(60-56)64-53-30-14-8-24-43(53)47-34-33-46-42-23-7-12-28-51(42)62(58(46)59(47)64)40-20-5-2-6-21-40/h1-37H. The topological polar surface area (TPSA) is 32.6 Å². The van der Waals surface area contributed by atoms with Gasteiger partial charge in [0.1, 0.15) is 11.6 Å². The molecule has 0 radical (unpaired) electrons. The second kappa shape index (κ2) is 13.4. The highest BCUT2D eigenvalue weighted by molar-refractivity contribution is 6.24. The fourth-order valence-electron chi connectivity index (χ4n) is 10.7. The molecule has 64 heavy (non-hydrogen) atoms. The van der Waals surface area contributed by atoms with Gasteiger partial charge in [-0.15, -0.1) is 0 Å². The number of hydrogen-bond acceptors (Lipinski definition) is 1. The molecule has 14 rings (SSSR count). The summed E-state index contributed by atoms with van der Waals surface area (Å²) in [5.41, 5.74) is 13.8. The first-order valence-electron chi connectivity index (χ1n) is 21.9. The second-order valence-corrected chi connectivity index (χ2v) is 16.8. The van der Waals surface area contributed by atoms with Gasteiger partial charge in [0.25, 0.3) is 0 Å². The van der Waals surface area contributed by atoms with Crippen LogP contribution in [0, 0.1) is 0 Å². The van der Waals surface area contributed by atoms with Crippen LogP contribution in [0.15, 0.2) is 224 Å². The zero-order valence-electron chi connectivity index (χ0n) is 34.6. The van der Waals surface area contributed by atoms with Crippen LogP contribution in [0.25, 0.3) is 121 Å². The lowest BCUT2D eigenvalue weighted by Gasteiger charge is -2.14. The van der Waals surface area contributed by atoms with E-state index in [1.807, 2.05) is 0 Å². The Balaban J connectivity index is 1.04. The SMILES string of the molecule is c1ccc(-c2cccc(-n3c4ccccc4c4cc5c(cc43)c3ccccc3n5-c3cccc(-n4c5ccccc5c5ccc6c7ccccc7n(-c7ccccc7)c6c54)n3)c2)cc1. The second-order valence-electron chi connectivity index (χ2n) is 16.8. The number of nitrogens with zero attached hydrogens (tertiary/aromatic N) is 5. The quantitative estimate of drug-likeness (QED) is 0.170. The molecule has 5 heterocycles. The summed E-state index contributed by atoms with van der Waals surface area (Å²) in [5.74, 6) is 1.73. The van der Waals surface area contributed by atoms with Crippen molar-refractivity contribution in [1.82, 2.24) is 23.3 Å². The van der Waals surface area contributed by atoms with Crippen molar-refractivity contribution in [3.05, 3.63) is 224 Å². The number of rotatable bonds is 5. The first-order chi connectivity index (χ1) is 31.8. The smallest absolute Gasteiger partial charge is 0.140 e. The summed E-state index contributed by atoms with van der Waals surface area (Å²) in [6.07, 6.45) is 0. The lowest BCUT2D eigenvalue weighted by molar-refractivity contribution is 1.01. The predicted octanol–water partition coefficient (Wildman–Crippen LogP) is 15.1. The molecule has 0 atom stereocenters. The van der Waals surface area contributed by atoms with E-state index in [4.69, 9.17) is 4.98 Å². The molecule has 0 amide bonds. The van der Waals surface area contributed by atoms with Crippen molar-refractivity contribution in [3.63, 3.8) is 0 Å². The van der Waals surface area contributed by atoms with Crippen LogP contribution in [0.3, 0.4) is 0 Å². The number of benzene rings is 9. The summed E-state index contributed by atoms with van der Waals surface area (Å²) in [6.45, 7) is 0. The average molecular weight is 816 g/mol. The Morgan fingerprint density at radius 1 is 0.234 bits per heavy atom. The summed E-state index contributed by atoms with van der Waals surface area (Å²) in [7, 11) is 0. The Morgan fingerprint density at radius 2 is 0.656 bits per heavy atom. The maximum atomic E-state index is 5.67. The van der Waals surface area contributed by atoms with Crippen molar-refractivity contribution < 1.29 is 0 Å². The van der Waals surface area contributed by atoms with Crippen molar-refractivity contribution in [1.29, 1.82) is 0 Å². The first kappa shape index (κ1) is 35.0. The van der Waals surface area contributed by atoms with Crippen LogP contribution in [-0.4, -0.2) is 23.3 Å². The largest absolute Gasteiger partial charge is 0.309 e. The fraction of sp³-hybridized carbons (Fsp3) is 0. The molecule has 0 N–H and O–H groups in total. The summed E-state index contributed by atoms with van der Waals surface area (Å²) >= 11 is 0. The molecule has 0 fully saturated rings. The zero-order valence-corrected chi connectivity index (χ0v) is 34.6.